The Kier molecular flexibility index (Phi) is 8.59. The van der Waals surface area contributed by atoms with Crippen molar-refractivity contribution in [3.8, 4) is 17.2 Å². The number of nitrogens with one attached hydrogen (secondary N) is 1. The predicted molar refractivity (Wildman–Crippen MR) is 135 cm³/mol. The Morgan fingerprint density at radius 3 is 2.34 bits per heavy atom. The second-order valence-electron chi connectivity index (χ2n) is 7.71. The number of sulfonamides is 1. The molecule has 0 bridgehead atoms. The van der Waals surface area contributed by atoms with Crippen molar-refractivity contribution in [2.24, 2.45) is 0 Å². The largest absolute Gasteiger partial charge is 0.497 e. The molecule has 9 heteroatoms. The van der Waals surface area contributed by atoms with Gasteiger partial charge in [-0.25, -0.2) is 8.42 Å². The van der Waals surface area contributed by atoms with Gasteiger partial charge in [-0.2, -0.15) is 0 Å². The molecule has 3 aromatic rings. The van der Waals surface area contributed by atoms with Crippen LogP contribution in [0.5, 0.6) is 17.2 Å². The summed E-state index contributed by atoms with van der Waals surface area (Å²) in [6.07, 6.45) is 0.881. The van der Waals surface area contributed by atoms with Crippen molar-refractivity contribution >= 4 is 21.6 Å². The summed E-state index contributed by atoms with van der Waals surface area (Å²) in [6.45, 7) is 2.85. The van der Waals surface area contributed by atoms with E-state index in [-0.39, 0.29) is 22.9 Å². The van der Waals surface area contributed by atoms with Crippen molar-refractivity contribution in [1.29, 1.82) is 0 Å². The maximum Gasteiger partial charge on any atom is 0.264 e. The second kappa shape index (κ2) is 11.6. The third kappa shape index (κ3) is 6.24. The summed E-state index contributed by atoms with van der Waals surface area (Å²) in [5.41, 5.74) is 1.53. The minimum atomic E-state index is -3.87. The normalized spacial score (nSPS) is 11.0. The number of nitrogens with zero attached hydrogens (tertiary/aromatic N) is 1. The van der Waals surface area contributed by atoms with Gasteiger partial charge in [0.25, 0.3) is 15.9 Å². The van der Waals surface area contributed by atoms with Gasteiger partial charge in [-0.3, -0.25) is 9.10 Å². The number of methoxy groups -OCH3 is 2. The molecule has 1 N–H and O–H groups in total. The molecule has 3 aromatic carbocycles. The van der Waals surface area contributed by atoms with E-state index in [4.69, 9.17) is 14.2 Å². The third-order valence-corrected chi connectivity index (χ3v) is 7.11. The number of rotatable bonds is 11. The van der Waals surface area contributed by atoms with Crippen molar-refractivity contribution in [3.05, 3.63) is 77.9 Å². The molecular weight excluding hydrogens is 468 g/mol. The lowest BCUT2D eigenvalue weighted by Crippen LogP contribution is -2.27. The molecular formula is C26H30N2O6S. The van der Waals surface area contributed by atoms with Gasteiger partial charge in [-0.15, -0.1) is 0 Å². The second-order valence-corrected chi connectivity index (χ2v) is 9.68. The van der Waals surface area contributed by atoms with Crippen molar-refractivity contribution < 1.29 is 27.4 Å². The smallest absolute Gasteiger partial charge is 0.264 e. The van der Waals surface area contributed by atoms with E-state index in [2.05, 4.69) is 5.32 Å². The number of hydrogen-bond donors (Lipinski definition) is 1. The lowest BCUT2D eigenvalue weighted by Gasteiger charge is -2.20. The molecule has 0 radical (unpaired) electrons. The zero-order valence-electron chi connectivity index (χ0n) is 20.3. The van der Waals surface area contributed by atoms with Gasteiger partial charge in [0.2, 0.25) is 0 Å². The Hall–Kier alpha value is -3.72. The van der Waals surface area contributed by atoms with Crippen molar-refractivity contribution in [3.63, 3.8) is 0 Å². The average molecular weight is 499 g/mol. The van der Waals surface area contributed by atoms with E-state index in [9.17, 15) is 13.2 Å². The lowest BCUT2D eigenvalue weighted by atomic mass is 10.1. The average Bonchev–Trinajstić information content (AvgIpc) is 2.90. The molecule has 186 valence electrons. The number of carbonyl (C=O) groups is 1. The van der Waals surface area contributed by atoms with Gasteiger partial charge in [0.1, 0.15) is 5.75 Å². The van der Waals surface area contributed by atoms with E-state index >= 15 is 0 Å². The van der Waals surface area contributed by atoms with Crippen LogP contribution in [0.1, 0.15) is 29.3 Å². The molecule has 0 aromatic heterocycles. The van der Waals surface area contributed by atoms with Crippen LogP contribution < -0.4 is 23.8 Å². The van der Waals surface area contributed by atoms with Crippen molar-refractivity contribution in [1.82, 2.24) is 5.32 Å². The molecule has 0 spiro atoms. The standard InChI is InChI=1S/C26H30N2O6S/c1-5-15-34-24-14-9-19(16-25(24)33-4)18-27-26(29)20-7-6-8-23(17-20)35(30,31)28(2)21-10-12-22(32-3)13-11-21/h6-14,16-17H,5,15,18H2,1-4H3,(H,27,29). The van der Waals surface area contributed by atoms with Gasteiger partial charge in [0.15, 0.2) is 11.5 Å². The molecule has 0 aliphatic carbocycles. The Bertz CT molecular complexity index is 1260. The monoisotopic (exact) mass is 498 g/mol. The van der Waals surface area contributed by atoms with Crippen LogP contribution in [0, 0.1) is 0 Å². The van der Waals surface area contributed by atoms with Crippen molar-refractivity contribution in [2.75, 3.05) is 32.2 Å². The van der Waals surface area contributed by atoms with E-state index in [1.807, 2.05) is 13.0 Å². The topological polar surface area (TPSA) is 94.2 Å². The van der Waals surface area contributed by atoms with E-state index in [0.29, 0.717) is 29.5 Å². The van der Waals surface area contributed by atoms with E-state index in [0.717, 1.165) is 16.3 Å². The maximum atomic E-state index is 13.2. The molecule has 0 fully saturated rings. The summed E-state index contributed by atoms with van der Waals surface area (Å²) < 4.78 is 43.6. The summed E-state index contributed by atoms with van der Waals surface area (Å²) in [6, 6.07) is 18.1. The van der Waals surface area contributed by atoms with Gasteiger partial charge in [-0.05, 0) is 66.6 Å². The van der Waals surface area contributed by atoms with E-state index in [1.165, 1.54) is 19.2 Å². The highest BCUT2D eigenvalue weighted by molar-refractivity contribution is 7.92. The number of hydrogen-bond acceptors (Lipinski definition) is 6. The molecule has 0 aliphatic rings. The summed E-state index contributed by atoms with van der Waals surface area (Å²) >= 11 is 0. The fraction of sp³-hybridized carbons (Fsp3) is 0.269. The molecule has 0 saturated carbocycles. The molecule has 0 unspecified atom stereocenters. The van der Waals surface area contributed by atoms with Crippen LogP contribution in [0.2, 0.25) is 0 Å². The van der Waals surface area contributed by atoms with Gasteiger partial charge >= 0.3 is 0 Å². The van der Waals surface area contributed by atoms with Crippen LogP contribution in [0.3, 0.4) is 0 Å². The van der Waals surface area contributed by atoms with E-state index < -0.39 is 10.0 Å². The number of anilines is 1. The molecule has 0 aliphatic heterocycles. The fourth-order valence-electron chi connectivity index (χ4n) is 3.32. The minimum Gasteiger partial charge on any atom is -0.497 e. The molecule has 0 atom stereocenters. The van der Waals surface area contributed by atoms with Crippen LogP contribution >= 0.6 is 0 Å². The maximum absolute atomic E-state index is 13.2. The Balaban J connectivity index is 1.72. The number of benzene rings is 3. The van der Waals surface area contributed by atoms with Gasteiger partial charge in [-0.1, -0.05) is 19.1 Å². The first-order chi connectivity index (χ1) is 16.8. The van der Waals surface area contributed by atoms with Crippen LogP contribution in [0.4, 0.5) is 5.69 Å². The molecule has 0 saturated heterocycles. The molecule has 1 amide bonds. The molecule has 0 heterocycles. The van der Waals surface area contributed by atoms with E-state index in [1.54, 1.807) is 62.8 Å². The zero-order chi connectivity index (χ0) is 25.4. The Labute approximate surface area is 206 Å². The number of ether oxygens (including phenoxy) is 3. The fourth-order valence-corrected chi connectivity index (χ4v) is 4.57. The van der Waals surface area contributed by atoms with Crippen LogP contribution in [0.15, 0.2) is 71.6 Å². The van der Waals surface area contributed by atoms with Gasteiger partial charge < -0.3 is 19.5 Å². The zero-order valence-corrected chi connectivity index (χ0v) is 21.1. The SMILES string of the molecule is CCCOc1ccc(CNC(=O)c2cccc(S(=O)(=O)N(C)c3ccc(OC)cc3)c2)cc1OC. The summed E-state index contributed by atoms with van der Waals surface area (Å²) in [7, 11) is 0.691. The predicted octanol–water partition coefficient (Wildman–Crippen LogP) is 4.25. The number of amides is 1. The van der Waals surface area contributed by atoms with Crippen LogP contribution in [-0.4, -0.2) is 42.2 Å². The van der Waals surface area contributed by atoms with Crippen LogP contribution in [0.25, 0.3) is 0 Å². The van der Waals surface area contributed by atoms with Gasteiger partial charge in [0.05, 0.1) is 31.4 Å². The first-order valence-corrected chi connectivity index (χ1v) is 12.5. The molecule has 8 nitrogen and oxygen atoms in total. The first-order valence-electron chi connectivity index (χ1n) is 11.1. The highest BCUT2D eigenvalue weighted by atomic mass is 32.2. The summed E-state index contributed by atoms with van der Waals surface area (Å²) in [5, 5.41) is 2.82. The third-order valence-electron chi connectivity index (χ3n) is 5.33. The Morgan fingerprint density at radius 2 is 1.69 bits per heavy atom. The molecule has 3 rings (SSSR count). The summed E-state index contributed by atoms with van der Waals surface area (Å²) in [4.78, 5) is 12.8. The summed E-state index contributed by atoms with van der Waals surface area (Å²) in [5.74, 6) is 1.46. The minimum absolute atomic E-state index is 0.0163. The lowest BCUT2D eigenvalue weighted by molar-refractivity contribution is 0.0950. The van der Waals surface area contributed by atoms with Crippen molar-refractivity contribution in [2.45, 2.75) is 24.8 Å². The Morgan fingerprint density at radius 1 is 0.943 bits per heavy atom. The quantitative estimate of drug-likeness (QED) is 0.425. The first kappa shape index (κ1) is 25.9. The molecule has 35 heavy (non-hydrogen) atoms. The highest BCUT2D eigenvalue weighted by Gasteiger charge is 2.22. The number of carbonyl (C=O) groups excluding carboxylic acids is 1. The van der Waals surface area contributed by atoms with Gasteiger partial charge in [0, 0.05) is 19.2 Å². The van der Waals surface area contributed by atoms with Crippen LogP contribution in [-0.2, 0) is 16.6 Å². The highest BCUT2D eigenvalue weighted by Crippen LogP contribution is 2.28.